The fourth-order valence-corrected chi connectivity index (χ4v) is 7.73. The van der Waals surface area contributed by atoms with Crippen LogP contribution in [0.5, 0.6) is 5.75 Å². The Balaban J connectivity index is 1.32. The highest BCUT2D eigenvalue weighted by Gasteiger charge is 2.50. The molecule has 204 valence electrons. The zero-order valence-corrected chi connectivity index (χ0v) is 22.9. The van der Waals surface area contributed by atoms with E-state index in [1.807, 2.05) is 56.3 Å². The molecule has 1 heterocycles. The van der Waals surface area contributed by atoms with Crippen LogP contribution in [0.25, 0.3) is 0 Å². The van der Waals surface area contributed by atoms with E-state index in [2.05, 4.69) is 14.9 Å². The molecule has 0 aromatic heterocycles. The quantitative estimate of drug-likeness (QED) is 0.404. The Morgan fingerprint density at radius 2 is 1.79 bits per heavy atom. The van der Waals surface area contributed by atoms with Crippen LogP contribution >= 0.6 is 0 Å². The molecular formula is C29H37N3O5S. The zero-order chi connectivity index (χ0) is 26.4. The van der Waals surface area contributed by atoms with Crippen LogP contribution in [0.4, 0.5) is 16.2 Å². The lowest BCUT2D eigenvalue weighted by molar-refractivity contribution is 0.108. The van der Waals surface area contributed by atoms with E-state index in [0.717, 1.165) is 67.5 Å². The number of ether oxygens (including phenoxy) is 2. The number of amides is 1. The largest absolute Gasteiger partial charge is 0.494 e. The van der Waals surface area contributed by atoms with Crippen LogP contribution in [0.3, 0.4) is 0 Å². The first-order valence-corrected chi connectivity index (χ1v) is 15.5. The number of nitrogens with one attached hydrogen (secondary N) is 2. The first-order chi connectivity index (χ1) is 18.3. The average molecular weight is 540 g/mol. The molecule has 1 amide bonds. The molecule has 3 fully saturated rings. The van der Waals surface area contributed by atoms with Gasteiger partial charge in [-0.05, 0) is 94.0 Å². The molecule has 0 spiro atoms. The highest BCUT2D eigenvalue weighted by atomic mass is 32.2. The van der Waals surface area contributed by atoms with Gasteiger partial charge in [0, 0.05) is 29.5 Å². The van der Waals surface area contributed by atoms with Gasteiger partial charge in [0.2, 0.25) is 10.0 Å². The molecule has 0 saturated heterocycles. The molecule has 2 aromatic carbocycles. The second-order valence-electron chi connectivity index (χ2n) is 11.1. The summed E-state index contributed by atoms with van der Waals surface area (Å²) < 4.78 is 42.0. The number of sulfonamides is 1. The minimum Gasteiger partial charge on any atom is -0.494 e. The number of nitrogens with zero attached hydrogens (tertiary/aromatic N) is 1. The van der Waals surface area contributed by atoms with Gasteiger partial charge in [-0.25, -0.2) is 17.9 Å². The molecule has 6 rings (SSSR count). The number of fused-ring (bicyclic) bond motifs is 1. The van der Waals surface area contributed by atoms with Crippen molar-refractivity contribution >= 4 is 27.5 Å². The molecule has 3 saturated carbocycles. The van der Waals surface area contributed by atoms with E-state index in [-0.39, 0.29) is 24.2 Å². The molecule has 9 heteroatoms. The summed E-state index contributed by atoms with van der Waals surface area (Å²) in [5.74, 6) is 1.22. The van der Waals surface area contributed by atoms with Crippen LogP contribution in [0.1, 0.15) is 81.2 Å². The standard InChI is InChI=1S/C29H37N3O5S/c1-3-36-24-15-16-25-26(17-24)32(23-5-4-6-23)27(28(25)38(34,35)31-22-13-14-22)20-9-11-21(12-10-20)30-29(33)37-18(2)19-7-8-19/h9-12,15-19,22-23,27-28,31H,3-8,13-14H2,1-2H3,(H,30,33). The van der Waals surface area contributed by atoms with Gasteiger partial charge in [-0.2, -0.15) is 0 Å². The number of hydrogen-bond acceptors (Lipinski definition) is 6. The first kappa shape index (κ1) is 25.5. The van der Waals surface area contributed by atoms with Crippen molar-refractivity contribution in [1.29, 1.82) is 0 Å². The fraction of sp³-hybridized carbons (Fsp3) is 0.552. The van der Waals surface area contributed by atoms with E-state index in [4.69, 9.17) is 9.47 Å². The Hall–Kier alpha value is -2.78. The van der Waals surface area contributed by atoms with E-state index >= 15 is 0 Å². The predicted molar refractivity (Wildman–Crippen MR) is 147 cm³/mol. The third kappa shape index (κ3) is 5.10. The predicted octanol–water partition coefficient (Wildman–Crippen LogP) is 5.67. The summed E-state index contributed by atoms with van der Waals surface area (Å²) in [7, 11) is -3.65. The lowest BCUT2D eigenvalue weighted by Crippen LogP contribution is -2.43. The molecule has 3 unspecified atom stereocenters. The minimum atomic E-state index is -3.65. The second kappa shape index (κ2) is 10.1. The highest BCUT2D eigenvalue weighted by Crippen LogP contribution is 2.55. The summed E-state index contributed by atoms with van der Waals surface area (Å²) in [6.45, 7) is 4.43. The van der Waals surface area contributed by atoms with Crippen LogP contribution in [0.2, 0.25) is 0 Å². The lowest BCUT2D eigenvalue weighted by atomic mass is 9.89. The molecular weight excluding hydrogens is 502 g/mol. The maximum Gasteiger partial charge on any atom is 0.411 e. The van der Waals surface area contributed by atoms with Gasteiger partial charge < -0.3 is 14.4 Å². The van der Waals surface area contributed by atoms with Crippen molar-refractivity contribution in [2.75, 3.05) is 16.8 Å². The van der Waals surface area contributed by atoms with E-state index in [0.29, 0.717) is 18.2 Å². The number of carbonyl (C=O) groups excluding carboxylic acids is 1. The number of anilines is 2. The molecule has 0 radical (unpaired) electrons. The van der Waals surface area contributed by atoms with Crippen LogP contribution in [-0.4, -0.2) is 39.3 Å². The SMILES string of the molecule is CCOc1ccc2c(c1)N(C1CCC1)C(c1ccc(NC(=O)OC(C)C3CC3)cc1)C2S(=O)(=O)NC1CC1. The molecule has 2 aromatic rings. The Morgan fingerprint density at radius 3 is 2.39 bits per heavy atom. The smallest absolute Gasteiger partial charge is 0.411 e. The summed E-state index contributed by atoms with van der Waals surface area (Å²) in [6, 6.07) is 13.3. The van der Waals surface area contributed by atoms with Crippen molar-refractivity contribution in [3.8, 4) is 5.75 Å². The molecule has 3 atom stereocenters. The Kier molecular flexibility index (Phi) is 6.76. The van der Waals surface area contributed by atoms with Gasteiger partial charge in [0.25, 0.3) is 0 Å². The third-order valence-corrected chi connectivity index (χ3v) is 10.1. The summed E-state index contributed by atoms with van der Waals surface area (Å²) in [5, 5.41) is 2.08. The number of carbonyl (C=O) groups is 1. The molecule has 38 heavy (non-hydrogen) atoms. The highest BCUT2D eigenvalue weighted by molar-refractivity contribution is 7.89. The zero-order valence-electron chi connectivity index (χ0n) is 22.1. The molecule has 1 aliphatic heterocycles. The molecule has 3 aliphatic carbocycles. The number of benzene rings is 2. The van der Waals surface area contributed by atoms with Gasteiger partial charge in [-0.15, -0.1) is 0 Å². The van der Waals surface area contributed by atoms with Crippen LogP contribution in [0.15, 0.2) is 42.5 Å². The maximum atomic E-state index is 13.8. The maximum absolute atomic E-state index is 13.8. The number of rotatable bonds is 10. The molecule has 4 aliphatic rings. The van der Waals surface area contributed by atoms with Gasteiger partial charge in [0.05, 0.1) is 12.6 Å². The molecule has 2 N–H and O–H groups in total. The van der Waals surface area contributed by atoms with E-state index in [9.17, 15) is 13.2 Å². The Labute approximate surface area is 225 Å². The Morgan fingerprint density at radius 1 is 1.05 bits per heavy atom. The van der Waals surface area contributed by atoms with E-state index < -0.39 is 21.4 Å². The second-order valence-corrected chi connectivity index (χ2v) is 13.0. The van der Waals surface area contributed by atoms with Crippen molar-refractivity contribution in [2.24, 2.45) is 5.92 Å². The monoisotopic (exact) mass is 539 g/mol. The van der Waals surface area contributed by atoms with Crippen LogP contribution in [0, 0.1) is 5.92 Å². The van der Waals surface area contributed by atoms with Crippen LogP contribution < -0.4 is 19.7 Å². The average Bonchev–Trinajstić information content (AvgIpc) is 3.77. The van der Waals surface area contributed by atoms with Crippen LogP contribution in [-0.2, 0) is 14.8 Å². The Bertz CT molecular complexity index is 1290. The third-order valence-electron chi connectivity index (χ3n) is 8.27. The molecule has 8 nitrogen and oxygen atoms in total. The van der Waals surface area contributed by atoms with Gasteiger partial charge in [0.15, 0.2) is 0 Å². The summed E-state index contributed by atoms with van der Waals surface area (Å²) in [5.41, 5.74) is 3.29. The van der Waals surface area contributed by atoms with Gasteiger partial charge in [-0.3, -0.25) is 5.32 Å². The summed E-state index contributed by atoms with van der Waals surface area (Å²) in [6.07, 6.45) is 6.63. The first-order valence-electron chi connectivity index (χ1n) is 14.0. The van der Waals surface area contributed by atoms with Gasteiger partial charge in [0.1, 0.15) is 17.1 Å². The van der Waals surface area contributed by atoms with Gasteiger partial charge >= 0.3 is 6.09 Å². The summed E-state index contributed by atoms with van der Waals surface area (Å²) in [4.78, 5) is 14.7. The van der Waals surface area contributed by atoms with Gasteiger partial charge in [-0.1, -0.05) is 18.2 Å². The van der Waals surface area contributed by atoms with E-state index in [1.54, 1.807) is 0 Å². The van der Waals surface area contributed by atoms with Crippen molar-refractivity contribution in [2.45, 2.75) is 88.3 Å². The fourth-order valence-electron chi connectivity index (χ4n) is 5.72. The van der Waals surface area contributed by atoms with Crippen molar-refractivity contribution in [3.05, 3.63) is 53.6 Å². The lowest BCUT2D eigenvalue weighted by Gasteiger charge is -2.42. The minimum absolute atomic E-state index is 0.0279. The van der Waals surface area contributed by atoms with Crippen molar-refractivity contribution < 1.29 is 22.7 Å². The van der Waals surface area contributed by atoms with E-state index in [1.165, 1.54) is 0 Å². The normalized spacial score (nSPS) is 23.9. The molecule has 0 bridgehead atoms. The topological polar surface area (TPSA) is 97.0 Å². The number of hydrogen-bond donors (Lipinski definition) is 2. The van der Waals surface area contributed by atoms with Crippen molar-refractivity contribution in [1.82, 2.24) is 4.72 Å². The van der Waals surface area contributed by atoms with Crippen molar-refractivity contribution in [3.63, 3.8) is 0 Å². The summed E-state index contributed by atoms with van der Waals surface area (Å²) >= 11 is 0.